The predicted octanol–water partition coefficient (Wildman–Crippen LogP) is -0.707. The van der Waals surface area contributed by atoms with Gasteiger partial charge in [-0.15, -0.1) is 0 Å². The van der Waals surface area contributed by atoms with Crippen LogP contribution in [0.15, 0.2) is 24.3 Å². The van der Waals surface area contributed by atoms with Gasteiger partial charge >= 0.3 is 35.8 Å². The van der Waals surface area contributed by atoms with Gasteiger partial charge in [0.25, 0.3) is 0 Å². The van der Waals surface area contributed by atoms with Crippen molar-refractivity contribution in [2.75, 3.05) is 13.2 Å². The van der Waals surface area contributed by atoms with E-state index < -0.39 is 36.1 Å². The van der Waals surface area contributed by atoms with Gasteiger partial charge in [0, 0.05) is 12.2 Å². The molecule has 0 fully saturated rings. The normalized spacial score (nSPS) is 11.2. The summed E-state index contributed by atoms with van der Waals surface area (Å²) in [5.74, 6) is -4.58. The van der Waals surface area contributed by atoms with E-state index in [1.54, 1.807) is 0 Å². The van der Waals surface area contributed by atoms with Crippen LogP contribution < -0.4 is 10.2 Å². The Hall–Kier alpha value is -1.92. The number of ether oxygens (including phenoxy) is 2. The second kappa shape index (κ2) is 32.3. The van der Waals surface area contributed by atoms with Crippen LogP contribution in [0.4, 0.5) is 0 Å². The van der Waals surface area contributed by atoms with Crippen LogP contribution in [0, 0.1) is 12.8 Å². The molecule has 0 saturated carbocycles. The molecule has 0 aliphatic heterocycles. The third-order valence-electron chi connectivity index (χ3n) is 2.46. The van der Waals surface area contributed by atoms with E-state index in [9.17, 15) is 29.4 Å². The first-order valence-corrected chi connectivity index (χ1v) is 9.90. The molecule has 11 heteroatoms. The molecule has 0 aromatic heterocycles. The van der Waals surface area contributed by atoms with E-state index in [4.69, 9.17) is 10.2 Å². The average Bonchev–Trinajstić information content (AvgIpc) is 2.73. The molecule has 2 atom stereocenters. The molecule has 0 amide bonds. The average molecular weight is 579 g/mol. The Balaban J connectivity index is -0.000000117. The van der Waals surface area contributed by atoms with Gasteiger partial charge in [-0.25, -0.2) is 9.59 Å². The third-order valence-corrected chi connectivity index (χ3v) is 2.46. The molecule has 0 aromatic rings. The molecule has 0 heterocycles. The number of carbonyl (C=O) groups is 4. The van der Waals surface area contributed by atoms with Gasteiger partial charge in [0.15, 0.2) is 0 Å². The zero-order valence-electron chi connectivity index (χ0n) is 20.1. The molecule has 0 spiro atoms. The second-order valence-corrected chi connectivity index (χ2v) is 5.90. The minimum Gasteiger partial charge on any atom is -0.545 e. The summed E-state index contributed by atoms with van der Waals surface area (Å²) in [4.78, 5) is 40.7. The Bertz CT molecular complexity index is 491. The molecule has 0 saturated heterocycles. The molecule has 10 nitrogen and oxygen atoms in total. The number of aliphatic hydroxyl groups excluding tert-OH is 2. The summed E-state index contributed by atoms with van der Waals surface area (Å²) in [5, 5.41) is 36.9. The van der Waals surface area contributed by atoms with Gasteiger partial charge < -0.3 is 39.5 Å². The first-order chi connectivity index (χ1) is 14.9. The van der Waals surface area contributed by atoms with Crippen LogP contribution in [0.5, 0.6) is 0 Å². The molecular weight excluding hydrogens is 543 g/mol. The Kier molecular flexibility index (Phi) is 40.4. The number of unbranched alkanes of at least 4 members (excludes halogenated alkanes) is 2. The number of rotatable bonds is 10. The zero-order valence-corrected chi connectivity index (χ0v) is 23.0. The number of aliphatic carboxylic acids is 2. The number of hydrogen-bond donors (Lipinski definition) is 2. The number of carboxylic acid groups (broad SMARTS) is 2. The Labute approximate surface area is 213 Å². The fourth-order valence-electron chi connectivity index (χ4n) is 0.774. The molecule has 2 unspecified atom stereocenters. The van der Waals surface area contributed by atoms with E-state index in [-0.39, 0.29) is 37.1 Å². The number of esters is 2. The van der Waals surface area contributed by atoms with E-state index in [2.05, 4.69) is 50.0 Å². The predicted molar refractivity (Wildman–Crippen MR) is 120 cm³/mol. The summed E-state index contributed by atoms with van der Waals surface area (Å²) < 4.78 is 8.77. The molecule has 0 bridgehead atoms. The topological polar surface area (TPSA) is 173 Å². The van der Waals surface area contributed by atoms with Crippen LogP contribution >= 0.6 is 0 Å². The van der Waals surface area contributed by atoms with Crippen molar-refractivity contribution in [2.24, 2.45) is 0 Å². The summed E-state index contributed by atoms with van der Waals surface area (Å²) in [6.07, 6.45) is 7.68. The summed E-state index contributed by atoms with van der Waals surface area (Å²) in [6, 6.07) is 0. The van der Waals surface area contributed by atoms with Gasteiger partial charge in [0.2, 0.25) is 0 Å². The summed E-state index contributed by atoms with van der Waals surface area (Å²) in [6.45, 7) is 10.9. The van der Waals surface area contributed by atoms with E-state index >= 15 is 0 Å². The van der Waals surface area contributed by atoms with Gasteiger partial charge in [-0.1, -0.05) is 40.5 Å². The first-order valence-electron chi connectivity index (χ1n) is 9.90. The van der Waals surface area contributed by atoms with Crippen molar-refractivity contribution in [3.8, 4) is 0 Å². The van der Waals surface area contributed by atoms with E-state index in [0.717, 1.165) is 12.2 Å². The Morgan fingerprint density at radius 3 is 1.12 bits per heavy atom. The van der Waals surface area contributed by atoms with Crippen molar-refractivity contribution in [3.05, 3.63) is 37.1 Å². The number of carbonyl (C=O) groups excluding carboxylic acids is 4. The second-order valence-electron chi connectivity index (χ2n) is 5.90. The monoisotopic (exact) mass is 580 g/mol. The van der Waals surface area contributed by atoms with Gasteiger partial charge in [-0.2, -0.15) is 0 Å². The quantitative estimate of drug-likeness (QED) is 0.191. The third kappa shape index (κ3) is 58.8. The summed E-state index contributed by atoms with van der Waals surface area (Å²) in [5.41, 5.74) is 0. The van der Waals surface area contributed by atoms with Gasteiger partial charge in [0.1, 0.15) is 13.2 Å². The SMILES string of the molecule is CC(O)COC(=O)/C=C\C(=O)[O-].CC(O)COC(=O)/C=C\C(=O)[O-].C[CH]CC.C[CH]CC.[Sn+2]. The maximum absolute atomic E-state index is 10.5. The zero-order chi connectivity index (χ0) is 25.9. The Morgan fingerprint density at radius 1 is 0.727 bits per heavy atom. The van der Waals surface area contributed by atoms with Crippen molar-refractivity contribution < 1.29 is 49.1 Å². The first kappa shape index (κ1) is 41.3. The number of aliphatic hydroxyl groups is 2. The Morgan fingerprint density at radius 2 is 0.970 bits per heavy atom. The van der Waals surface area contributed by atoms with Crippen molar-refractivity contribution >= 4 is 47.8 Å². The van der Waals surface area contributed by atoms with Gasteiger partial charge in [-0.3, -0.25) is 0 Å². The molecule has 0 rings (SSSR count). The minimum atomic E-state index is -1.47. The summed E-state index contributed by atoms with van der Waals surface area (Å²) >= 11 is 0. The molecule has 0 aliphatic rings. The van der Waals surface area contributed by atoms with Gasteiger partial charge in [-0.05, 0) is 38.8 Å². The van der Waals surface area contributed by atoms with Crippen molar-refractivity contribution in [1.29, 1.82) is 0 Å². The van der Waals surface area contributed by atoms with E-state index in [1.807, 2.05) is 0 Å². The number of hydrogen-bond acceptors (Lipinski definition) is 10. The molecule has 2 N–H and O–H groups in total. The smallest absolute Gasteiger partial charge is 0.545 e. The molecule has 0 aliphatic carbocycles. The molecule has 188 valence electrons. The molecule has 33 heavy (non-hydrogen) atoms. The van der Waals surface area contributed by atoms with Crippen molar-refractivity contribution in [2.45, 2.75) is 66.6 Å². The van der Waals surface area contributed by atoms with E-state index in [0.29, 0.717) is 12.2 Å². The van der Waals surface area contributed by atoms with Crippen LogP contribution in [-0.2, 0) is 28.7 Å². The van der Waals surface area contributed by atoms with Crippen LogP contribution in [0.1, 0.15) is 54.4 Å². The van der Waals surface area contributed by atoms with Crippen LogP contribution in [0.2, 0.25) is 0 Å². The largest absolute Gasteiger partial charge is 2.00 e. The fourth-order valence-corrected chi connectivity index (χ4v) is 0.774. The minimum absolute atomic E-state index is 0. The maximum atomic E-state index is 10.5. The van der Waals surface area contributed by atoms with Crippen LogP contribution in [-0.4, -0.2) is 83.4 Å². The standard InChI is InChI=1S/2C7H10O5.2C4H9.Sn/c2*1-5(8)4-12-7(11)3-2-6(9)10;2*1-3-4-2;/h2*2-3,5,8H,4H2,1H3,(H,9,10);2*3H,4H2,1-2H3;/q;;;;+2/p-2/b2*3-2-;;;. The van der Waals surface area contributed by atoms with Crippen molar-refractivity contribution in [3.63, 3.8) is 0 Å². The fraction of sp³-hybridized carbons (Fsp3) is 0.545. The maximum Gasteiger partial charge on any atom is 2.00 e. The number of carboxylic acids is 2. The molecular formula is C22H36O10Sn. The molecule has 0 aromatic carbocycles. The van der Waals surface area contributed by atoms with Crippen LogP contribution in [0.25, 0.3) is 0 Å². The van der Waals surface area contributed by atoms with Crippen LogP contribution in [0.3, 0.4) is 0 Å². The molecule has 4 radical (unpaired) electrons. The van der Waals surface area contributed by atoms with E-state index in [1.165, 1.54) is 26.7 Å². The van der Waals surface area contributed by atoms with Gasteiger partial charge in [0.05, 0.1) is 24.1 Å². The van der Waals surface area contributed by atoms with Crippen molar-refractivity contribution in [1.82, 2.24) is 0 Å². The summed E-state index contributed by atoms with van der Waals surface area (Å²) in [7, 11) is 0.